The molecule has 14 heteroatoms. The monoisotopic (exact) mass is 1340 g/mol. The van der Waals surface area contributed by atoms with Gasteiger partial charge in [0.25, 0.3) is 0 Å². The minimum Gasteiger partial charge on any atom is -0.350 e. The Morgan fingerprint density at radius 1 is 0.232 bits per heavy atom. The van der Waals surface area contributed by atoms with Crippen molar-refractivity contribution in [2.45, 2.75) is 201 Å². The summed E-state index contributed by atoms with van der Waals surface area (Å²) in [5, 5.41) is 20.0. The van der Waals surface area contributed by atoms with E-state index in [9.17, 15) is 0 Å². The van der Waals surface area contributed by atoms with Crippen LogP contribution < -0.4 is 0 Å². The lowest BCUT2D eigenvalue weighted by atomic mass is 10.0. The van der Waals surface area contributed by atoms with Gasteiger partial charge in [-0.25, -0.2) is 0 Å². The number of benzene rings is 3. The largest absolute Gasteiger partial charge is 0.350 e. The molecule has 0 aliphatic rings. The van der Waals surface area contributed by atoms with Crippen molar-refractivity contribution in [3.8, 4) is 0 Å². The molecule has 0 saturated carbocycles. The van der Waals surface area contributed by atoms with Crippen LogP contribution in [0.15, 0.2) is 129 Å². The second-order valence-corrected chi connectivity index (χ2v) is 22.6. The van der Waals surface area contributed by atoms with Crippen molar-refractivity contribution in [2.24, 2.45) is 42.3 Å². The Hall–Kier alpha value is -9.30. The molecule has 0 unspecified atom stereocenters. The first-order chi connectivity index (χ1) is 47.4. The molecule has 0 saturated heterocycles. The third-order valence-corrected chi connectivity index (χ3v) is 17.0. The highest BCUT2D eigenvalue weighted by molar-refractivity contribution is 5.89. The lowest BCUT2D eigenvalue weighted by molar-refractivity contribution is 0.793. The lowest BCUT2D eigenvalue weighted by Crippen LogP contribution is -1.94. The topological polar surface area (TPSA) is 133 Å². The van der Waals surface area contributed by atoms with E-state index >= 15 is 0 Å². The van der Waals surface area contributed by atoms with Gasteiger partial charge in [-0.05, 0) is 206 Å². The number of nitrogens with zero attached hydrogens (tertiary/aromatic N) is 14. The Balaban J connectivity index is 0.000000560. The molecule has 11 heterocycles. The Morgan fingerprint density at radius 2 is 0.586 bits per heavy atom. The Bertz CT molecular complexity index is 4040. The summed E-state index contributed by atoms with van der Waals surface area (Å²) in [5.74, 6) is 0. The summed E-state index contributed by atoms with van der Waals surface area (Å²) < 4.78 is 12.1. The molecule has 14 rings (SSSR count). The molecule has 14 aromatic rings. The van der Waals surface area contributed by atoms with Crippen LogP contribution in [0.1, 0.15) is 181 Å². The van der Waals surface area contributed by atoms with E-state index in [0.717, 1.165) is 39.0 Å². The first-order valence-corrected chi connectivity index (χ1v) is 35.8. The van der Waals surface area contributed by atoms with Crippen molar-refractivity contribution in [3.63, 3.8) is 0 Å². The zero-order chi connectivity index (χ0) is 75.7. The summed E-state index contributed by atoms with van der Waals surface area (Å²) in [6, 6.07) is 21.3. The molecular formula is C85H126N14. The van der Waals surface area contributed by atoms with Crippen LogP contribution in [0.4, 0.5) is 0 Å². The smallest absolute Gasteiger partial charge is 0.109 e. The summed E-state index contributed by atoms with van der Waals surface area (Å²) >= 11 is 0. The molecule has 0 bridgehead atoms. The molecule has 0 fully saturated rings. The van der Waals surface area contributed by atoms with Gasteiger partial charge in [0, 0.05) is 130 Å². The van der Waals surface area contributed by atoms with Crippen LogP contribution in [0.5, 0.6) is 0 Å². The van der Waals surface area contributed by atoms with Crippen molar-refractivity contribution >= 4 is 76.5 Å². The normalized spacial score (nSPS) is 9.77. The van der Waals surface area contributed by atoms with Gasteiger partial charge in [0.15, 0.2) is 0 Å². The Labute approximate surface area is 597 Å². The van der Waals surface area contributed by atoms with Gasteiger partial charge in [-0.2, -0.15) is 15.3 Å². The molecule has 0 amide bonds. The SMILES string of the molecule is CC.CC.CC.CC.CC.CC.CC.Cc1ccc2ccn(C)c2c1C.Cc1ccc2ccnc(C)c2c1C.Cc1ccc2cnn(C)c2c1C.Cc1cnc2ccn(C)c2c1C.Cc1cnc2cnn(C)c2c1C.Cc1ncc2ccn(C)c2c1C.Cc1ncc2cnn(C)c2c1C. The van der Waals surface area contributed by atoms with Gasteiger partial charge >= 0.3 is 0 Å². The van der Waals surface area contributed by atoms with E-state index in [0.29, 0.717) is 0 Å². The molecule has 536 valence electrons. The first kappa shape index (κ1) is 87.7. The van der Waals surface area contributed by atoms with Gasteiger partial charge in [-0.1, -0.05) is 133 Å². The maximum atomic E-state index is 4.34. The zero-order valence-electron chi connectivity index (χ0n) is 67.9. The fourth-order valence-electron chi connectivity index (χ4n) is 10.9. The number of fused-ring (bicyclic) bond motifs is 7. The van der Waals surface area contributed by atoms with Crippen molar-refractivity contribution in [1.29, 1.82) is 0 Å². The first-order valence-electron chi connectivity index (χ1n) is 35.8. The number of aryl methyl sites for hydroxylation is 21. The van der Waals surface area contributed by atoms with Crippen LogP contribution in [0.25, 0.3) is 76.5 Å². The average Bonchev–Trinajstić information content (AvgIpc) is 1.62. The highest BCUT2D eigenvalue weighted by Gasteiger charge is 2.10. The zero-order valence-corrected chi connectivity index (χ0v) is 67.9. The second-order valence-electron chi connectivity index (χ2n) is 22.6. The van der Waals surface area contributed by atoms with Gasteiger partial charge in [0.2, 0.25) is 0 Å². The summed E-state index contributed by atoms with van der Waals surface area (Å²) in [5.41, 5.74) is 28.5. The number of hydrogen-bond acceptors (Lipinski definition) is 8. The average molecular weight is 1340 g/mol. The van der Waals surface area contributed by atoms with E-state index in [2.05, 4.69) is 232 Å². The number of rotatable bonds is 0. The minimum atomic E-state index is 0.973. The molecule has 0 spiro atoms. The predicted octanol–water partition coefficient (Wildman–Crippen LogP) is 22.9. The Kier molecular flexibility index (Phi) is 38.9. The standard InChI is InChI=1S/C12H13N.C11H13N.3C10H12N2.2C9H11N3.7C2H6/c1-8-4-5-11-6-7-13-10(3)12(11)9(8)2;1-8-4-5-10-6-7-12(3)11(10)9(8)2;1-7-8(2)11-6-9-4-5-12(3)10(7)9;1-7-6-11-9-4-5-12(3)10(9)8(7)2;1-7-4-5-9-6-11-12(3)10(9)8(7)2;1-6-7(2)10-4-8-5-11-12(3)9(6)8;1-6-4-10-8-5-11-12(3)9(8)7(6)2;7*1-2/h4-7H,1-3H3;4-7H,1-3H3;3*4-6H,1-3H3;2*4-5H,1-3H3;7*1-2H3. The van der Waals surface area contributed by atoms with E-state index in [1.807, 2.05) is 202 Å². The number of aromatic nitrogens is 14. The van der Waals surface area contributed by atoms with E-state index in [4.69, 9.17) is 0 Å². The lowest BCUT2D eigenvalue weighted by Gasteiger charge is -2.07. The van der Waals surface area contributed by atoms with Crippen LogP contribution in [0, 0.1) is 104 Å². The van der Waals surface area contributed by atoms with Gasteiger partial charge < -0.3 is 13.7 Å². The molecule has 3 aromatic carbocycles. The van der Waals surface area contributed by atoms with Crippen molar-refractivity contribution in [1.82, 2.24) is 68.0 Å². The molecular weight excluding hydrogens is 1220 g/mol. The summed E-state index contributed by atoms with van der Waals surface area (Å²) in [4.78, 5) is 21.5. The highest BCUT2D eigenvalue weighted by Crippen LogP contribution is 2.26. The quantitative estimate of drug-likeness (QED) is 0.147. The molecule has 0 atom stereocenters. The third-order valence-electron chi connectivity index (χ3n) is 17.0. The van der Waals surface area contributed by atoms with Crippen LogP contribution in [-0.4, -0.2) is 68.0 Å². The van der Waals surface area contributed by atoms with Crippen LogP contribution in [0.3, 0.4) is 0 Å². The van der Waals surface area contributed by atoms with Gasteiger partial charge in [-0.3, -0.25) is 39.0 Å². The molecule has 0 radical (unpaired) electrons. The Morgan fingerprint density at radius 3 is 1.12 bits per heavy atom. The van der Waals surface area contributed by atoms with E-state index in [-0.39, 0.29) is 0 Å². The van der Waals surface area contributed by atoms with Crippen LogP contribution in [-0.2, 0) is 42.3 Å². The molecule has 0 aliphatic heterocycles. The second kappa shape index (κ2) is 43.9. The summed E-state index contributed by atoms with van der Waals surface area (Å²) in [7, 11) is 12.1. The van der Waals surface area contributed by atoms with E-state index in [1.54, 1.807) is 6.20 Å². The van der Waals surface area contributed by atoms with Crippen LogP contribution in [0.2, 0.25) is 0 Å². The fraction of sp³-hybridized carbons (Fsp3) is 0.412. The van der Waals surface area contributed by atoms with Gasteiger partial charge in [0.05, 0.1) is 57.2 Å². The van der Waals surface area contributed by atoms with Crippen molar-refractivity contribution < 1.29 is 0 Å². The third kappa shape index (κ3) is 22.1. The molecule has 99 heavy (non-hydrogen) atoms. The minimum absolute atomic E-state index is 0.973. The van der Waals surface area contributed by atoms with E-state index in [1.165, 1.54) is 121 Å². The van der Waals surface area contributed by atoms with Gasteiger partial charge in [-0.15, -0.1) is 0 Å². The molecule has 14 nitrogen and oxygen atoms in total. The van der Waals surface area contributed by atoms with Crippen molar-refractivity contribution in [3.05, 3.63) is 213 Å². The van der Waals surface area contributed by atoms with Crippen LogP contribution >= 0.6 is 0 Å². The van der Waals surface area contributed by atoms with Crippen molar-refractivity contribution in [2.75, 3.05) is 0 Å². The number of pyridine rings is 5. The highest BCUT2D eigenvalue weighted by atomic mass is 15.3. The molecule has 11 aromatic heterocycles. The maximum absolute atomic E-state index is 4.34. The fourth-order valence-corrected chi connectivity index (χ4v) is 10.9. The summed E-state index contributed by atoms with van der Waals surface area (Å²) in [6.45, 7) is 59.6. The van der Waals surface area contributed by atoms with Gasteiger partial charge in [0.1, 0.15) is 5.52 Å². The molecule has 0 aliphatic carbocycles. The number of hydrogen-bond donors (Lipinski definition) is 0. The maximum Gasteiger partial charge on any atom is 0.109 e. The predicted molar refractivity (Wildman–Crippen MR) is 434 cm³/mol. The summed E-state index contributed by atoms with van der Waals surface area (Å²) in [6.07, 6.45) is 21.2. The molecule has 0 N–H and O–H groups in total. The van der Waals surface area contributed by atoms with E-state index < -0.39 is 0 Å².